The lowest BCUT2D eigenvalue weighted by Crippen LogP contribution is -2.39. The lowest BCUT2D eigenvalue weighted by molar-refractivity contribution is 0.0689. The van der Waals surface area contributed by atoms with E-state index in [0.717, 1.165) is 24.0 Å². The zero-order valence-corrected chi connectivity index (χ0v) is 12.0. The first-order chi connectivity index (χ1) is 8.00. The van der Waals surface area contributed by atoms with E-state index in [9.17, 15) is 4.79 Å². The number of aryl methyl sites for hydroxylation is 1. The summed E-state index contributed by atoms with van der Waals surface area (Å²) in [4.78, 5) is 14.5. The van der Waals surface area contributed by atoms with Gasteiger partial charge < -0.3 is 10.6 Å². The molecule has 0 radical (unpaired) electrons. The van der Waals surface area contributed by atoms with Crippen molar-refractivity contribution in [2.75, 3.05) is 5.73 Å². The maximum absolute atomic E-state index is 12.5. The highest BCUT2D eigenvalue weighted by Gasteiger charge is 2.35. The first-order valence-electron chi connectivity index (χ1n) is 6.19. The largest absolute Gasteiger partial charge is 0.399 e. The molecule has 0 aromatic heterocycles. The second-order valence-electron chi connectivity index (χ2n) is 5.11. The summed E-state index contributed by atoms with van der Waals surface area (Å²) in [5.74, 6) is 0.118. The molecule has 0 bridgehead atoms. The molecule has 2 N–H and O–H groups in total. The summed E-state index contributed by atoms with van der Waals surface area (Å²) >= 11 is 0. The minimum absolute atomic E-state index is 0. The Morgan fingerprint density at radius 1 is 1.39 bits per heavy atom. The second-order valence-corrected chi connectivity index (χ2v) is 5.11. The Bertz CT molecular complexity index is 439. The minimum atomic E-state index is 0. The third-order valence-electron chi connectivity index (χ3n) is 3.22. The topological polar surface area (TPSA) is 46.3 Å². The second kappa shape index (κ2) is 5.61. The lowest BCUT2D eigenvalue weighted by atomic mass is 10.1. The van der Waals surface area contributed by atoms with Crippen molar-refractivity contribution < 1.29 is 4.79 Å². The van der Waals surface area contributed by atoms with E-state index in [4.69, 9.17) is 5.73 Å². The fourth-order valence-electron chi connectivity index (χ4n) is 2.18. The van der Waals surface area contributed by atoms with Gasteiger partial charge in [0.15, 0.2) is 0 Å². The number of rotatable bonds is 3. The summed E-state index contributed by atoms with van der Waals surface area (Å²) in [6.45, 7) is 6.09. The van der Waals surface area contributed by atoms with E-state index in [2.05, 4.69) is 13.8 Å². The van der Waals surface area contributed by atoms with Gasteiger partial charge in [-0.25, -0.2) is 0 Å². The van der Waals surface area contributed by atoms with Gasteiger partial charge in [0, 0.05) is 23.3 Å². The normalized spacial score (nSPS) is 14.2. The van der Waals surface area contributed by atoms with Gasteiger partial charge in [-0.2, -0.15) is 0 Å². The van der Waals surface area contributed by atoms with Gasteiger partial charge in [-0.1, -0.05) is 6.07 Å². The van der Waals surface area contributed by atoms with Crippen LogP contribution in [0.2, 0.25) is 0 Å². The number of nitrogens with two attached hydrogens (primary N) is 1. The van der Waals surface area contributed by atoms with Gasteiger partial charge in [0.25, 0.3) is 5.91 Å². The molecule has 18 heavy (non-hydrogen) atoms. The molecule has 0 aliphatic heterocycles. The summed E-state index contributed by atoms with van der Waals surface area (Å²) in [6, 6.07) is 6.21. The van der Waals surface area contributed by atoms with Gasteiger partial charge in [0.2, 0.25) is 0 Å². The van der Waals surface area contributed by atoms with Crippen LogP contribution in [0.3, 0.4) is 0 Å². The molecular formula is C14H21ClN2O. The minimum Gasteiger partial charge on any atom is -0.399 e. The lowest BCUT2D eigenvalue weighted by Gasteiger charge is -2.27. The predicted octanol–water partition coefficient (Wildman–Crippen LogP) is 3.01. The third-order valence-corrected chi connectivity index (χ3v) is 3.22. The van der Waals surface area contributed by atoms with Gasteiger partial charge in [0.05, 0.1) is 0 Å². The highest BCUT2D eigenvalue weighted by molar-refractivity contribution is 5.97. The van der Waals surface area contributed by atoms with Gasteiger partial charge in [0.1, 0.15) is 0 Å². The Morgan fingerprint density at radius 2 is 2.00 bits per heavy atom. The van der Waals surface area contributed by atoms with Gasteiger partial charge >= 0.3 is 0 Å². The van der Waals surface area contributed by atoms with Crippen molar-refractivity contribution >= 4 is 24.0 Å². The summed E-state index contributed by atoms with van der Waals surface area (Å²) in [6.07, 6.45) is 2.26. The third kappa shape index (κ3) is 2.96. The van der Waals surface area contributed by atoms with Crippen LogP contribution in [0, 0.1) is 6.92 Å². The van der Waals surface area contributed by atoms with Gasteiger partial charge in [-0.15, -0.1) is 12.4 Å². The van der Waals surface area contributed by atoms with Crippen LogP contribution in [-0.4, -0.2) is 22.9 Å². The van der Waals surface area contributed by atoms with Crippen molar-refractivity contribution in [3.8, 4) is 0 Å². The Morgan fingerprint density at radius 3 is 2.50 bits per heavy atom. The summed E-state index contributed by atoms with van der Waals surface area (Å²) in [7, 11) is 0. The molecule has 1 aromatic rings. The molecule has 4 heteroatoms. The smallest absolute Gasteiger partial charge is 0.254 e. The molecule has 3 nitrogen and oxygen atoms in total. The molecular weight excluding hydrogens is 248 g/mol. The molecule has 1 saturated carbocycles. The fraction of sp³-hybridized carbons (Fsp3) is 0.500. The maximum Gasteiger partial charge on any atom is 0.254 e. The van der Waals surface area contributed by atoms with Crippen LogP contribution in [0.5, 0.6) is 0 Å². The summed E-state index contributed by atoms with van der Waals surface area (Å²) in [5, 5.41) is 0. The number of anilines is 1. The Hall–Kier alpha value is -1.22. The molecule has 1 aromatic carbocycles. The van der Waals surface area contributed by atoms with Crippen LogP contribution in [-0.2, 0) is 0 Å². The maximum atomic E-state index is 12.5. The molecule has 1 aliphatic carbocycles. The van der Waals surface area contributed by atoms with Gasteiger partial charge in [-0.05, 0) is 51.3 Å². The number of amides is 1. The van der Waals surface area contributed by atoms with Crippen molar-refractivity contribution in [2.24, 2.45) is 0 Å². The van der Waals surface area contributed by atoms with E-state index in [1.165, 1.54) is 0 Å². The highest BCUT2D eigenvalue weighted by Crippen LogP contribution is 2.30. The Balaban J connectivity index is 0.00000162. The summed E-state index contributed by atoms with van der Waals surface area (Å²) < 4.78 is 0. The van der Waals surface area contributed by atoms with Crippen LogP contribution in [0.15, 0.2) is 18.2 Å². The number of nitrogen functional groups attached to an aromatic ring is 1. The number of hydrogen-bond donors (Lipinski definition) is 1. The van der Waals surface area contributed by atoms with Crippen LogP contribution in [0.1, 0.15) is 42.6 Å². The monoisotopic (exact) mass is 268 g/mol. The van der Waals surface area contributed by atoms with E-state index in [1.807, 2.05) is 24.0 Å². The average Bonchev–Trinajstić information content (AvgIpc) is 3.05. The number of carbonyl (C=O) groups excluding carboxylic acids is 1. The van der Waals surface area contributed by atoms with Crippen LogP contribution < -0.4 is 5.73 Å². The standard InChI is InChI=1S/C14H20N2O.ClH/c1-9(2)16(12-6-7-12)14(17)13-8-11(15)5-4-10(13)3;/h4-5,8-9,12H,6-7,15H2,1-3H3;1H. The SMILES string of the molecule is Cc1ccc(N)cc1C(=O)N(C(C)C)C1CC1.Cl. The van der Waals surface area contributed by atoms with Crippen LogP contribution in [0.4, 0.5) is 5.69 Å². The molecule has 100 valence electrons. The zero-order chi connectivity index (χ0) is 12.6. The highest BCUT2D eigenvalue weighted by atomic mass is 35.5. The molecule has 1 fully saturated rings. The van der Waals surface area contributed by atoms with E-state index in [0.29, 0.717) is 11.7 Å². The first kappa shape index (κ1) is 14.8. The molecule has 0 spiro atoms. The molecule has 1 amide bonds. The first-order valence-corrected chi connectivity index (χ1v) is 6.19. The zero-order valence-electron chi connectivity index (χ0n) is 11.1. The Kier molecular flexibility index (Phi) is 4.63. The number of carbonyl (C=O) groups is 1. The fourth-order valence-corrected chi connectivity index (χ4v) is 2.18. The van der Waals surface area contributed by atoms with Crippen molar-refractivity contribution in [3.05, 3.63) is 29.3 Å². The number of hydrogen-bond acceptors (Lipinski definition) is 2. The van der Waals surface area contributed by atoms with Crippen molar-refractivity contribution in [1.82, 2.24) is 4.90 Å². The van der Waals surface area contributed by atoms with E-state index < -0.39 is 0 Å². The number of halogens is 1. The van der Waals surface area contributed by atoms with Gasteiger partial charge in [-0.3, -0.25) is 4.79 Å². The Labute approximate surface area is 115 Å². The van der Waals surface area contributed by atoms with E-state index in [-0.39, 0.29) is 24.4 Å². The molecule has 0 unspecified atom stereocenters. The van der Waals surface area contributed by atoms with Crippen molar-refractivity contribution in [1.29, 1.82) is 0 Å². The summed E-state index contributed by atoms with van der Waals surface area (Å²) in [5.41, 5.74) is 8.15. The molecule has 1 aliphatic rings. The molecule has 0 saturated heterocycles. The quantitative estimate of drug-likeness (QED) is 0.857. The van der Waals surface area contributed by atoms with Crippen LogP contribution >= 0.6 is 12.4 Å². The molecule has 0 heterocycles. The van der Waals surface area contributed by atoms with Crippen LogP contribution in [0.25, 0.3) is 0 Å². The van der Waals surface area contributed by atoms with E-state index in [1.54, 1.807) is 6.07 Å². The number of benzene rings is 1. The average molecular weight is 269 g/mol. The molecule has 2 rings (SSSR count). The molecule has 0 atom stereocenters. The van der Waals surface area contributed by atoms with Crippen molar-refractivity contribution in [2.45, 2.75) is 45.7 Å². The number of nitrogens with zero attached hydrogens (tertiary/aromatic N) is 1. The predicted molar refractivity (Wildman–Crippen MR) is 77.2 cm³/mol. The van der Waals surface area contributed by atoms with E-state index >= 15 is 0 Å². The van der Waals surface area contributed by atoms with Crippen molar-refractivity contribution in [3.63, 3.8) is 0 Å².